The van der Waals surface area contributed by atoms with E-state index in [1.165, 1.54) is 10.9 Å². The standard InChI is InChI=1S/C19H22N2O2.C2H2O4/c1-21(2)11-10-14-13-20-19-9-8-17(12-18(14)19)23-16-6-4-15(22-3)5-7-16;3-1(4)2(5)6/h4-9,12-13,20H,10-11H2,1-3H3;(H,3,4)(H,5,6). The van der Waals surface area contributed by atoms with Crippen LogP contribution in [-0.2, 0) is 16.0 Å². The van der Waals surface area contributed by atoms with Gasteiger partial charge in [-0.25, -0.2) is 9.59 Å². The van der Waals surface area contributed by atoms with Crippen molar-refractivity contribution in [2.75, 3.05) is 27.7 Å². The molecule has 0 bridgehead atoms. The van der Waals surface area contributed by atoms with Crippen molar-refractivity contribution in [2.24, 2.45) is 0 Å². The van der Waals surface area contributed by atoms with E-state index in [0.29, 0.717) is 0 Å². The number of carboxylic acid groups (broad SMARTS) is 2. The number of methoxy groups -OCH3 is 1. The first-order valence-electron chi connectivity index (χ1n) is 8.83. The second-order valence-electron chi connectivity index (χ2n) is 6.46. The molecule has 0 aliphatic carbocycles. The van der Waals surface area contributed by atoms with E-state index in [1.807, 2.05) is 30.3 Å². The lowest BCUT2D eigenvalue weighted by atomic mass is 10.1. The summed E-state index contributed by atoms with van der Waals surface area (Å²) in [6.45, 7) is 1.02. The number of nitrogens with one attached hydrogen (secondary N) is 1. The Kier molecular flexibility index (Phi) is 7.62. The van der Waals surface area contributed by atoms with Gasteiger partial charge in [0.05, 0.1) is 7.11 Å². The molecule has 0 fully saturated rings. The highest BCUT2D eigenvalue weighted by Crippen LogP contribution is 2.28. The van der Waals surface area contributed by atoms with Crippen LogP contribution in [0.2, 0.25) is 0 Å². The number of aliphatic carboxylic acids is 2. The van der Waals surface area contributed by atoms with Crippen LogP contribution in [-0.4, -0.2) is 59.8 Å². The number of nitrogens with zero attached hydrogens (tertiary/aromatic N) is 1. The molecule has 2 aromatic carbocycles. The number of aromatic amines is 1. The van der Waals surface area contributed by atoms with Crippen molar-refractivity contribution in [3.05, 3.63) is 54.2 Å². The van der Waals surface area contributed by atoms with Gasteiger partial charge in [0, 0.05) is 23.6 Å². The summed E-state index contributed by atoms with van der Waals surface area (Å²) in [6.07, 6.45) is 3.10. The van der Waals surface area contributed by atoms with Gasteiger partial charge in [-0.15, -0.1) is 0 Å². The second-order valence-corrected chi connectivity index (χ2v) is 6.46. The van der Waals surface area contributed by atoms with Crippen LogP contribution in [0.5, 0.6) is 17.2 Å². The molecular formula is C21H24N2O6. The van der Waals surface area contributed by atoms with E-state index in [2.05, 4.69) is 42.3 Å². The van der Waals surface area contributed by atoms with Crippen LogP contribution in [0.1, 0.15) is 5.56 Å². The third-order valence-electron chi connectivity index (χ3n) is 4.05. The van der Waals surface area contributed by atoms with Gasteiger partial charge in [-0.05, 0) is 68.5 Å². The van der Waals surface area contributed by atoms with Crippen molar-refractivity contribution in [1.82, 2.24) is 9.88 Å². The number of H-pyrrole nitrogens is 1. The number of hydrogen-bond donors (Lipinski definition) is 3. The van der Waals surface area contributed by atoms with Crippen LogP contribution in [0, 0.1) is 0 Å². The topological polar surface area (TPSA) is 112 Å². The number of fused-ring (bicyclic) bond motifs is 1. The minimum atomic E-state index is -1.82. The van der Waals surface area contributed by atoms with Gasteiger partial charge in [0.15, 0.2) is 0 Å². The molecule has 0 aliphatic rings. The molecule has 0 amide bonds. The lowest BCUT2D eigenvalue weighted by Crippen LogP contribution is -2.14. The van der Waals surface area contributed by atoms with E-state index >= 15 is 0 Å². The van der Waals surface area contributed by atoms with Crippen LogP contribution >= 0.6 is 0 Å². The van der Waals surface area contributed by atoms with Crippen molar-refractivity contribution in [2.45, 2.75) is 6.42 Å². The Bertz CT molecular complexity index is 951. The largest absolute Gasteiger partial charge is 0.497 e. The molecule has 0 unspecified atom stereocenters. The normalized spacial score (nSPS) is 10.3. The lowest BCUT2D eigenvalue weighted by Gasteiger charge is -2.09. The zero-order valence-corrected chi connectivity index (χ0v) is 16.5. The van der Waals surface area contributed by atoms with Gasteiger partial charge in [0.25, 0.3) is 0 Å². The van der Waals surface area contributed by atoms with Crippen LogP contribution in [0.15, 0.2) is 48.7 Å². The molecule has 154 valence electrons. The summed E-state index contributed by atoms with van der Waals surface area (Å²) in [7, 11) is 5.84. The van der Waals surface area contributed by atoms with E-state index in [0.717, 1.165) is 35.7 Å². The monoisotopic (exact) mass is 400 g/mol. The van der Waals surface area contributed by atoms with Gasteiger partial charge < -0.3 is 29.6 Å². The first-order valence-corrected chi connectivity index (χ1v) is 8.83. The SMILES string of the molecule is COc1ccc(Oc2ccc3[nH]cc(CCN(C)C)c3c2)cc1.O=C(O)C(=O)O. The first-order chi connectivity index (χ1) is 13.8. The highest BCUT2D eigenvalue weighted by Gasteiger charge is 2.07. The predicted molar refractivity (Wildman–Crippen MR) is 109 cm³/mol. The van der Waals surface area contributed by atoms with Crippen molar-refractivity contribution >= 4 is 22.8 Å². The summed E-state index contributed by atoms with van der Waals surface area (Å²) < 4.78 is 11.1. The fourth-order valence-corrected chi connectivity index (χ4v) is 2.55. The van der Waals surface area contributed by atoms with Crippen LogP contribution in [0.4, 0.5) is 0 Å². The maximum absolute atomic E-state index is 9.10. The number of benzene rings is 2. The van der Waals surface area contributed by atoms with Gasteiger partial charge in [0.2, 0.25) is 0 Å². The summed E-state index contributed by atoms with van der Waals surface area (Å²) in [4.78, 5) is 23.7. The van der Waals surface area contributed by atoms with E-state index in [4.69, 9.17) is 29.3 Å². The Morgan fingerprint density at radius 2 is 1.55 bits per heavy atom. The zero-order chi connectivity index (χ0) is 21.4. The van der Waals surface area contributed by atoms with Crippen LogP contribution < -0.4 is 9.47 Å². The van der Waals surface area contributed by atoms with E-state index in [-0.39, 0.29) is 0 Å². The Morgan fingerprint density at radius 3 is 2.10 bits per heavy atom. The van der Waals surface area contributed by atoms with Gasteiger partial charge in [-0.2, -0.15) is 0 Å². The first kappa shape index (κ1) is 21.8. The summed E-state index contributed by atoms with van der Waals surface area (Å²) in [6, 6.07) is 13.8. The van der Waals surface area contributed by atoms with E-state index in [9.17, 15) is 0 Å². The quantitative estimate of drug-likeness (QED) is 0.545. The fourth-order valence-electron chi connectivity index (χ4n) is 2.55. The fraction of sp³-hybridized carbons (Fsp3) is 0.238. The Labute approximate surface area is 168 Å². The van der Waals surface area contributed by atoms with Gasteiger partial charge in [-0.3, -0.25) is 0 Å². The van der Waals surface area contributed by atoms with Gasteiger partial charge >= 0.3 is 11.9 Å². The summed E-state index contributed by atoms with van der Waals surface area (Å²) in [5.41, 5.74) is 2.45. The average molecular weight is 400 g/mol. The third-order valence-corrected chi connectivity index (χ3v) is 4.05. The number of rotatable bonds is 6. The molecule has 0 aliphatic heterocycles. The Hall–Kier alpha value is -3.52. The number of ether oxygens (including phenoxy) is 2. The molecule has 0 atom stereocenters. The number of aromatic nitrogens is 1. The minimum Gasteiger partial charge on any atom is -0.497 e. The highest BCUT2D eigenvalue weighted by molar-refractivity contribution is 6.27. The number of carboxylic acids is 2. The molecule has 3 aromatic rings. The molecule has 1 heterocycles. The molecule has 29 heavy (non-hydrogen) atoms. The predicted octanol–water partition coefficient (Wildman–Crippen LogP) is 3.23. The number of hydrogen-bond acceptors (Lipinski definition) is 5. The molecule has 3 N–H and O–H groups in total. The third kappa shape index (κ3) is 6.54. The van der Waals surface area contributed by atoms with Gasteiger partial charge in [-0.1, -0.05) is 0 Å². The molecule has 8 nitrogen and oxygen atoms in total. The number of likely N-dealkylation sites (N-methyl/N-ethyl adjacent to an activating group) is 1. The van der Waals surface area contributed by atoms with Crippen molar-refractivity contribution in [3.8, 4) is 17.2 Å². The van der Waals surface area contributed by atoms with Crippen molar-refractivity contribution < 1.29 is 29.3 Å². The lowest BCUT2D eigenvalue weighted by molar-refractivity contribution is -0.159. The second kappa shape index (κ2) is 10.1. The van der Waals surface area contributed by atoms with Crippen molar-refractivity contribution in [3.63, 3.8) is 0 Å². The Balaban J connectivity index is 0.000000438. The Morgan fingerprint density at radius 1 is 0.966 bits per heavy atom. The average Bonchev–Trinajstić information content (AvgIpc) is 3.09. The summed E-state index contributed by atoms with van der Waals surface area (Å²) >= 11 is 0. The maximum Gasteiger partial charge on any atom is 0.414 e. The van der Waals surface area contributed by atoms with Gasteiger partial charge in [0.1, 0.15) is 17.2 Å². The molecular weight excluding hydrogens is 376 g/mol. The van der Waals surface area contributed by atoms with E-state index < -0.39 is 11.9 Å². The van der Waals surface area contributed by atoms with E-state index in [1.54, 1.807) is 7.11 Å². The molecule has 0 saturated carbocycles. The molecule has 0 radical (unpaired) electrons. The summed E-state index contributed by atoms with van der Waals surface area (Å²) in [5, 5.41) is 16.0. The smallest absolute Gasteiger partial charge is 0.414 e. The highest BCUT2D eigenvalue weighted by atomic mass is 16.5. The molecule has 0 saturated heterocycles. The molecule has 3 rings (SSSR count). The van der Waals surface area contributed by atoms with Crippen LogP contribution in [0.25, 0.3) is 10.9 Å². The van der Waals surface area contributed by atoms with Crippen LogP contribution in [0.3, 0.4) is 0 Å². The molecule has 8 heteroatoms. The summed E-state index contributed by atoms with van der Waals surface area (Å²) in [5.74, 6) is -1.18. The molecule has 0 spiro atoms. The van der Waals surface area contributed by atoms with Crippen molar-refractivity contribution in [1.29, 1.82) is 0 Å². The minimum absolute atomic E-state index is 0.801. The maximum atomic E-state index is 9.10. The number of carbonyl (C=O) groups is 2. The zero-order valence-electron chi connectivity index (χ0n) is 16.5. The molecule has 1 aromatic heterocycles.